The number of hydroxylamine groups is 3. The second kappa shape index (κ2) is 5.92. The molecule has 0 unspecified atom stereocenters. The van der Waals surface area contributed by atoms with E-state index in [-0.39, 0.29) is 5.84 Å². The molecule has 1 aromatic carbocycles. The molecule has 1 aliphatic heterocycles. The van der Waals surface area contributed by atoms with E-state index in [9.17, 15) is 10.4 Å². The normalized spacial score (nSPS) is 19.2. The molecule has 23 heavy (non-hydrogen) atoms. The van der Waals surface area contributed by atoms with Crippen LogP contribution in [0.2, 0.25) is 0 Å². The summed E-state index contributed by atoms with van der Waals surface area (Å²) in [6.07, 6.45) is 0. The molecule has 6 nitrogen and oxygen atoms in total. The molecule has 0 atom stereocenters. The standard InChI is InChI=1S/C17H25N2O4/c1-7-22-13-10-9-12(11-14(13)23-8-2)15-18(20)16(3,4)17(5,6)19(15)21/h9-11H,7-8H2,1-6H3. The minimum Gasteiger partial charge on any atom is -0.714 e. The first-order valence-corrected chi connectivity index (χ1v) is 7.90. The van der Waals surface area contributed by atoms with Crippen molar-refractivity contribution in [1.82, 2.24) is 5.06 Å². The zero-order valence-electron chi connectivity index (χ0n) is 14.7. The first-order valence-electron chi connectivity index (χ1n) is 7.90. The van der Waals surface area contributed by atoms with Crippen LogP contribution in [0.5, 0.6) is 11.5 Å². The first-order chi connectivity index (χ1) is 10.7. The van der Waals surface area contributed by atoms with Crippen LogP contribution in [-0.2, 0) is 5.21 Å². The zero-order valence-corrected chi connectivity index (χ0v) is 14.7. The van der Waals surface area contributed by atoms with Gasteiger partial charge < -0.3 is 14.7 Å². The van der Waals surface area contributed by atoms with Gasteiger partial charge in [0.2, 0.25) is 0 Å². The first kappa shape index (κ1) is 17.4. The number of rotatable bonds is 5. The summed E-state index contributed by atoms with van der Waals surface area (Å²) >= 11 is 0. The lowest BCUT2D eigenvalue weighted by Crippen LogP contribution is -2.53. The zero-order chi connectivity index (χ0) is 17.4. The van der Waals surface area contributed by atoms with Gasteiger partial charge in [-0.1, -0.05) is 5.06 Å². The van der Waals surface area contributed by atoms with Crippen molar-refractivity contribution in [2.45, 2.75) is 52.6 Å². The van der Waals surface area contributed by atoms with Gasteiger partial charge in [0.25, 0.3) is 0 Å². The molecular weight excluding hydrogens is 296 g/mol. The van der Waals surface area contributed by atoms with Gasteiger partial charge in [0.1, 0.15) is 5.54 Å². The topological polar surface area (TPSA) is 67.7 Å². The summed E-state index contributed by atoms with van der Waals surface area (Å²) in [7, 11) is 0. The van der Waals surface area contributed by atoms with Gasteiger partial charge >= 0.3 is 5.84 Å². The molecule has 1 heterocycles. The molecule has 0 bridgehead atoms. The molecule has 0 saturated carbocycles. The third kappa shape index (κ3) is 2.61. The van der Waals surface area contributed by atoms with Crippen molar-refractivity contribution in [3.05, 3.63) is 29.0 Å². The SMILES string of the molecule is CCOc1ccc(C2=[N+]([O-])C(C)(C)C(C)(C)N2[O])cc1OCC. The van der Waals surface area contributed by atoms with Crippen molar-refractivity contribution >= 4 is 5.84 Å². The predicted octanol–water partition coefficient (Wildman–Crippen LogP) is 2.96. The van der Waals surface area contributed by atoms with Gasteiger partial charge in [-0.3, -0.25) is 4.74 Å². The van der Waals surface area contributed by atoms with Crippen molar-refractivity contribution in [3.63, 3.8) is 0 Å². The van der Waals surface area contributed by atoms with Crippen LogP contribution < -0.4 is 9.47 Å². The van der Waals surface area contributed by atoms with Crippen molar-refractivity contribution in [2.75, 3.05) is 13.2 Å². The van der Waals surface area contributed by atoms with Crippen LogP contribution in [0.15, 0.2) is 18.2 Å². The maximum Gasteiger partial charge on any atom is 0.316 e. The number of hydrogen-bond donors (Lipinski definition) is 0. The van der Waals surface area contributed by atoms with Crippen molar-refractivity contribution in [1.29, 1.82) is 0 Å². The Hall–Kier alpha value is -1.95. The molecule has 6 heteroatoms. The average Bonchev–Trinajstić information content (AvgIpc) is 2.60. The maximum atomic E-state index is 12.7. The van der Waals surface area contributed by atoms with E-state index in [1.165, 1.54) is 0 Å². The Kier molecular flexibility index (Phi) is 4.48. The van der Waals surface area contributed by atoms with E-state index >= 15 is 0 Å². The van der Waals surface area contributed by atoms with Gasteiger partial charge in [0.15, 0.2) is 17.0 Å². The van der Waals surface area contributed by atoms with E-state index in [1.807, 2.05) is 13.8 Å². The summed E-state index contributed by atoms with van der Waals surface area (Å²) in [4.78, 5) is 0. The van der Waals surface area contributed by atoms with Crippen molar-refractivity contribution in [3.8, 4) is 11.5 Å². The lowest BCUT2D eigenvalue weighted by Gasteiger charge is -2.32. The number of hydrogen-bond acceptors (Lipinski definition) is 4. The highest BCUT2D eigenvalue weighted by molar-refractivity contribution is 5.96. The highest BCUT2D eigenvalue weighted by atomic mass is 16.5. The Labute approximate surface area is 137 Å². The van der Waals surface area contributed by atoms with Crippen LogP contribution in [0, 0.1) is 5.21 Å². The van der Waals surface area contributed by atoms with Gasteiger partial charge in [0.05, 0.1) is 18.8 Å². The molecule has 0 fully saturated rings. The summed E-state index contributed by atoms with van der Waals surface area (Å²) in [6, 6.07) is 5.14. The Bertz CT molecular complexity index is 623. The summed E-state index contributed by atoms with van der Waals surface area (Å²) in [5.74, 6) is 1.23. The number of benzene rings is 1. The molecule has 0 aromatic heterocycles. The Morgan fingerprint density at radius 3 is 2.13 bits per heavy atom. The molecule has 0 aliphatic carbocycles. The van der Waals surface area contributed by atoms with Gasteiger partial charge in [0, 0.05) is 5.21 Å². The van der Waals surface area contributed by atoms with Crippen molar-refractivity contribution < 1.29 is 19.4 Å². The predicted molar refractivity (Wildman–Crippen MR) is 87.2 cm³/mol. The molecule has 0 amide bonds. The fourth-order valence-electron chi connectivity index (χ4n) is 2.53. The third-order valence-electron chi connectivity index (χ3n) is 4.70. The van der Waals surface area contributed by atoms with Gasteiger partial charge in [-0.15, -0.1) is 0 Å². The largest absolute Gasteiger partial charge is 0.714 e. The van der Waals surface area contributed by atoms with Crippen LogP contribution in [0.3, 0.4) is 0 Å². The monoisotopic (exact) mass is 321 g/mol. The molecule has 0 N–H and O–H groups in total. The minimum atomic E-state index is -0.839. The summed E-state index contributed by atoms with van der Waals surface area (Å²) in [5.41, 5.74) is -1.15. The highest BCUT2D eigenvalue weighted by Gasteiger charge is 2.60. The van der Waals surface area contributed by atoms with E-state index in [4.69, 9.17) is 9.47 Å². The lowest BCUT2D eigenvalue weighted by molar-refractivity contribution is -0.539. The molecule has 2 rings (SSSR count). The molecule has 0 spiro atoms. The second-order valence-electron chi connectivity index (χ2n) is 6.56. The second-order valence-corrected chi connectivity index (χ2v) is 6.56. The average molecular weight is 321 g/mol. The van der Waals surface area contributed by atoms with Crippen molar-refractivity contribution in [2.24, 2.45) is 0 Å². The van der Waals surface area contributed by atoms with E-state index in [2.05, 4.69) is 0 Å². The van der Waals surface area contributed by atoms with Crippen LogP contribution in [0.4, 0.5) is 0 Å². The highest BCUT2D eigenvalue weighted by Crippen LogP contribution is 2.38. The smallest absolute Gasteiger partial charge is 0.316 e. The summed E-state index contributed by atoms with van der Waals surface area (Å²) < 4.78 is 11.9. The maximum absolute atomic E-state index is 12.7. The van der Waals surface area contributed by atoms with Gasteiger partial charge in [-0.25, -0.2) is 0 Å². The molecule has 1 aromatic rings. The Morgan fingerprint density at radius 1 is 1.09 bits per heavy atom. The quantitative estimate of drug-likeness (QED) is 0.617. The summed E-state index contributed by atoms with van der Waals surface area (Å²) in [6.45, 7) is 11.8. The fraction of sp³-hybridized carbons (Fsp3) is 0.588. The molecule has 1 aliphatic rings. The van der Waals surface area contributed by atoms with E-state index in [0.717, 1.165) is 9.80 Å². The minimum absolute atomic E-state index is 0.101. The van der Waals surface area contributed by atoms with E-state index < -0.39 is 11.1 Å². The Balaban J connectivity index is 2.54. The Morgan fingerprint density at radius 2 is 1.65 bits per heavy atom. The lowest BCUT2D eigenvalue weighted by atomic mass is 9.84. The third-order valence-corrected chi connectivity index (χ3v) is 4.70. The van der Waals surface area contributed by atoms with Gasteiger partial charge in [-0.05, 0) is 59.7 Å². The summed E-state index contributed by atoms with van der Waals surface area (Å²) in [5, 5.41) is 26.2. The molecule has 1 radical (unpaired) electrons. The number of ether oxygens (including phenoxy) is 2. The van der Waals surface area contributed by atoms with Crippen LogP contribution in [-0.4, -0.2) is 39.9 Å². The van der Waals surface area contributed by atoms with Crippen LogP contribution in [0.1, 0.15) is 47.1 Å². The van der Waals surface area contributed by atoms with E-state index in [1.54, 1.807) is 45.9 Å². The number of amidine groups is 1. The molecule has 127 valence electrons. The van der Waals surface area contributed by atoms with Crippen LogP contribution >= 0.6 is 0 Å². The van der Waals surface area contributed by atoms with Gasteiger partial charge in [-0.2, -0.15) is 0 Å². The number of nitrogens with zero attached hydrogens (tertiary/aromatic N) is 2. The molecule has 0 saturated heterocycles. The molecular formula is C17H25N2O4. The fourth-order valence-corrected chi connectivity index (χ4v) is 2.53. The van der Waals surface area contributed by atoms with Crippen LogP contribution in [0.25, 0.3) is 0 Å². The van der Waals surface area contributed by atoms with E-state index in [0.29, 0.717) is 30.3 Å².